The topological polar surface area (TPSA) is 50.7 Å². The number of aryl methyl sites for hydroxylation is 1. The van der Waals surface area contributed by atoms with E-state index in [-0.39, 0.29) is 5.91 Å². The molecule has 1 aliphatic heterocycles. The van der Waals surface area contributed by atoms with Crippen LogP contribution in [0.1, 0.15) is 41.8 Å². The van der Waals surface area contributed by atoms with Crippen LogP contribution in [0.5, 0.6) is 0 Å². The molecule has 1 aliphatic rings. The van der Waals surface area contributed by atoms with Gasteiger partial charge in [0.15, 0.2) is 0 Å². The minimum absolute atomic E-state index is 0.0697. The number of hydrogen-bond donors (Lipinski definition) is 1. The van der Waals surface area contributed by atoms with E-state index in [0.717, 1.165) is 28.3 Å². The molecule has 0 unspecified atom stereocenters. The van der Waals surface area contributed by atoms with Crippen molar-refractivity contribution in [3.63, 3.8) is 0 Å². The van der Waals surface area contributed by atoms with Gasteiger partial charge in [-0.25, -0.2) is 0 Å². The number of amides is 1. The molecule has 0 atom stereocenters. The molecule has 0 saturated heterocycles. The minimum atomic E-state index is -0.0697. The summed E-state index contributed by atoms with van der Waals surface area (Å²) in [5.41, 5.74) is 4.84. The molecule has 0 aliphatic carbocycles. The summed E-state index contributed by atoms with van der Waals surface area (Å²) in [7, 11) is 0. The number of hydrogen-bond acceptors (Lipinski definition) is 4. The van der Waals surface area contributed by atoms with Crippen LogP contribution in [0.15, 0.2) is 51.2 Å². The van der Waals surface area contributed by atoms with Crippen molar-refractivity contribution in [2.75, 3.05) is 19.8 Å². The highest BCUT2D eigenvalue weighted by Gasteiger charge is 2.17. The number of fused-ring (bicyclic) bond motifs is 2. The zero-order valence-electron chi connectivity index (χ0n) is 15.5. The predicted octanol–water partition coefficient (Wildman–Crippen LogP) is 4.76. The highest BCUT2D eigenvalue weighted by molar-refractivity contribution is 7.99. The monoisotopic (exact) mass is 368 g/mol. The molecular formula is C21H24N2O2S. The summed E-state index contributed by atoms with van der Waals surface area (Å²) >= 11 is 1.70. The number of ether oxygens (including phenoxy) is 1. The van der Waals surface area contributed by atoms with Crippen molar-refractivity contribution in [1.82, 2.24) is 5.32 Å². The van der Waals surface area contributed by atoms with Gasteiger partial charge in [-0.1, -0.05) is 23.4 Å². The second-order valence-corrected chi connectivity index (χ2v) is 7.37. The van der Waals surface area contributed by atoms with Crippen molar-refractivity contribution in [2.45, 2.75) is 37.0 Å². The van der Waals surface area contributed by atoms with E-state index in [0.29, 0.717) is 25.3 Å². The lowest BCUT2D eigenvalue weighted by Gasteiger charge is -2.08. The standard InChI is InChI=1S/C21H24N2O2S/c1-4-25-11-5-10-22-21(24)16-7-9-20-18(13-16)23-15(3)17-12-14(2)6-8-19(17)26-20/h6-9,12-13H,4-5,10-11H2,1-3H3,(H,22,24). The van der Waals surface area contributed by atoms with E-state index < -0.39 is 0 Å². The lowest BCUT2D eigenvalue weighted by molar-refractivity contribution is 0.0944. The molecule has 2 aromatic carbocycles. The van der Waals surface area contributed by atoms with Crippen LogP contribution < -0.4 is 5.32 Å². The Bertz CT molecular complexity index is 846. The van der Waals surface area contributed by atoms with E-state index >= 15 is 0 Å². The van der Waals surface area contributed by atoms with Crippen LogP contribution in [0, 0.1) is 6.92 Å². The Morgan fingerprint density at radius 3 is 2.77 bits per heavy atom. The minimum Gasteiger partial charge on any atom is -0.382 e. The second kappa shape index (κ2) is 8.52. The predicted molar refractivity (Wildman–Crippen MR) is 107 cm³/mol. The molecule has 0 bridgehead atoms. The van der Waals surface area contributed by atoms with E-state index in [1.165, 1.54) is 10.5 Å². The van der Waals surface area contributed by atoms with Crippen molar-refractivity contribution < 1.29 is 9.53 Å². The van der Waals surface area contributed by atoms with Crippen molar-refractivity contribution in [2.24, 2.45) is 4.99 Å². The number of carbonyl (C=O) groups is 1. The van der Waals surface area contributed by atoms with Crippen LogP contribution in [0.2, 0.25) is 0 Å². The van der Waals surface area contributed by atoms with Gasteiger partial charge in [0.05, 0.1) is 5.69 Å². The molecular weight excluding hydrogens is 344 g/mol. The Kier molecular flexibility index (Phi) is 6.12. The summed E-state index contributed by atoms with van der Waals surface area (Å²) < 4.78 is 5.29. The first-order valence-electron chi connectivity index (χ1n) is 8.92. The molecule has 136 valence electrons. The summed E-state index contributed by atoms with van der Waals surface area (Å²) in [5.74, 6) is -0.0697. The molecule has 1 heterocycles. The van der Waals surface area contributed by atoms with Gasteiger partial charge in [0, 0.05) is 46.4 Å². The first-order valence-corrected chi connectivity index (χ1v) is 9.74. The van der Waals surface area contributed by atoms with Crippen LogP contribution in [0.4, 0.5) is 5.69 Å². The number of rotatable bonds is 6. The Morgan fingerprint density at radius 1 is 1.15 bits per heavy atom. The SMILES string of the molecule is CCOCCCNC(=O)c1ccc2c(c1)N=C(C)c1cc(C)ccc1S2. The molecule has 2 aromatic rings. The fourth-order valence-electron chi connectivity index (χ4n) is 2.83. The normalized spacial score (nSPS) is 12.7. The van der Waals surface area contributed by atoms with E-state index in [1.54, 1.807) is 11.8 Å². The van der Waals surface area contributed by atoms with Crippen LogP contribution in [0.3, 0.4) is 0 Å². The fraction of sp³-hybridized carbons (Fsp3) is 0.333. The summed E-state index contributed by atoms with van der Waals surface area (Å²) in [6.07, 6.45) is 0.812. The molecule has 4 nitrogen and oxygen atoms in total. The zero-order valence-corrected chi connectivity index (χ0v) is 16.3. The van der Waals surface area contributed by atoms with Gasteiger partial charge in [0.2, 0.25) is 0 Å². The molecule has 0 radical (unpaired) electrons. The Labute approximate surface area is 159 Å². The first-order chi connectivity index (χ1) is 12.6. The molecule has 1 N–H and O–H groups in total. The maximum atomic E-state index is 12.4. The third kappa shape index (κ3) is 4.34. The van der Waals surface area contributed by atoms with Gasteiger partial charge < -0.3 is 10.1 Å². The van der Waals surface area contributed by atoms with Crippen LogP contribution in [-0.4, -0.2) is 31.4 Å². The number of benzene rings is 2. The van der Waals surface area contributed by atoms with Gasteiger partial charge in [-0.15, -0.1) is 0 Å². The zero-order chi connectivity index (χ0) is 18.5. The third-order valence-corrected chi connectivity index (χ3v) is 5.35. The average molecular weight is 369 g/mol. The summed E-state index contributed by atoms with van der Waals surface area (Å²) in [5, 5.41) is 2.94. The molecule has 0 fully saturated rings. The largest absolute Gasteiger partial charge is 0.382 e. The van der Waals surface area contributed by atoms with Gasteiger partial charge >= 0.3 is 0 Å². The van der Waals surface area contributed by atoms with Gasteiger partial charge in [-0.3, -0.25) is 9.79 Å². The van der Waals surface area contributed by atoms with E-state index in [9.17, 15) is 4.79 Å². The van der Waals surface area contributed by atoms with Crippen molar-refractivity contribution >= 4 is 29.1 Å². The summed E-state index contributed by atoms with van der Waals surface area (Å²) in [6.45, 7) is 8.05. The Hall–Kier alpha value is -2.11. The fourth-order valence-corrected chi connectivity index (χ4v) is 3.86. The smallest absolute Gasteiger partial charge is 0.251 e. The highest BCUT2D eigenvalue weighted by atomic mass is 32.2. The van der Waals surface area contributed by atoms with E-state index in [2.05, 4.69) is 30.4 Å². The molecule has 1 amide bonds. The third-order valence-electron chi connectivity index (χ3n) is 4.21. The molecule has 0 spiro atoms. The van der Waals surface area contributed by atoms with E-state index in [4.69, 9.17) is 9.73 Å². The average Bonchev–Trinajstić information content (AvgIpc) is 2.76. The summed E-state index contributed by atoms with van der Waals surface area (Å²) in [4.78, 5) is 19.4. The number of aliphatic imine (C=N–C) groups is 1. The lowest BCUT2D eigenvalue weighted by Crippen LogP contribution is -2.25. The Balaban J connectivity index is 1.78. The quantitative estimate of drug-likeness (QED) is 0.748. The second-order valence-electron chi connectivity index (χ2n) is 6.29. The van der Waals surface area contributed by atoms with Gasteiger partial charge in [-0.05, 0) is 57.5 Å². The molecule has 0 aromatic heterocycles. The molecule has 26 heavy (non-hydrogen) atoms. The highest BCUT2D eigenvalue weighted by Crippen LogP contribution is 2.40. The van der Waals surface area contributed by atoms with Crippen molar-refractivity contribution in [1.29, 1.82) is 0 Å². The maximum Gasteiger partial charge on any atom is 0.251 e. The number of nitrogens with one attached hydrogen (secondary N) is 1. The van der Waals surface area contributed by atoms with Crippen LogP contribution in [0.25, 0.3) is 0 Å². The van der Waals surface area contributed by atoms with Gasteiger partial charge in [0.25, 0.3) is 5.91 Å². The van der Waals surface area contributed by atoms with Gasteiger partial charge in [0.1, 0.15) is 0 Å². The number of nitrogens with zero attached hydrogens (tertiary/aromatic N) is 1. The number of carbonyl (C=O) groups excluding carboxylic acids is 1. The lowest BCUT2D eigenvalue weighted by atomic mass is 10.1. The molecule has 3 rings (SSSR count). The molecule has 5 heteroatoms. The van der Waals surface area contributed by atoms with Crippen molar-refractivity contribution in [3.8, 4) is 0 Å². The van der Waals surface area contributed by atoms with E-state index in [1.807, 2.05) is 32.0 Å². The van der Waals surface area contributed by atoms with Crippen LogP contribution in [-0.2, 0) is 4.74 Å². The molecule has 0 saturated carbocycles. The van der Waals surface area contributed by atoms with Crippen molar-refractivity contribution in [3.05, 3.63) is 53.1 Å². The maximum absolute atomic E-state index is 12.4. The first kappa shape index (κ1) is 18.7. The van der Waals surface area contributed by atoms with Gasteiger partial charge in [-0.2, -0.15) is 0 Å². The Morgan fingerprint density at radius 2 is 1.96 bits per heavy atom. The summed E-state index contributed by atoms with van der Waals surface area (Å²) in [6, 6.07) is 12.2. The van der Waals surface area contributed by atoms with Crippen LogP contribution >= 0.6 is 11.8 Å².